The second kappa shape index (κ2) is 5.97. The minimum atomic E-state index is -0.470. The number of amides is 1. The molecule has 4 nitrogen and oxygen atoms in total. The van der Waals surface area contributed by atoms with Gasteiger partial charge in [0.1, 0.15) is 11.4 Å². The van der Waals surface area contributed by atoms with Crippen LogP contribution in [0.3, 0.4) is 0 Å². The molecule has 0 spiro atoms. The number of hydrogen-bond donors (Lipinski definition) is 1. The quantitative estimate of drug-likeness (QED) is 0.517. The molecule has 18 heavy (non-hydrogen) atoms. The maximum atomic E-state index is 11.4. The van der Waals surface area contributed by atoms with Crippen LogP contribution in [0.1, 0.15) is 5.56 Å². The molecule has 0 saturated heterocycles. The molecule has 2 N–H and O–H groups in total. The Balaban J connectivity index is 2.25. The third-order valence-corrected chi connectivity index (χ3v) is 3.10. The molecule has 90 valence electrons. The average molecular weight is 257 g/mol. The topological polar surface area (TPSA) is 68.9 Å². The van der Waals surface area contributed by atoms with Gasteiger partial charge >= 0.3 is 0 Å². The van der Waals surface area contributed by atoms with Crippen LogP contribution in [-0.2, 0) is 4.79 Å². The summed E-state index contributed by atoms with van der Waals surface area (Å²) in [6, 6.07) is 11.3. The van der Waals surface area contributed by atoms with Crippen molar-refractivity contribution in [3.8, 4) is 0 Å². The number of nitrogens with zero attached hydrogens (tertiary/aromatic N) is 2. The number of aromatic nitrogens is 2. The van der Waals surface area contributed by atoms with Crippen LogP contribution in [0.15, 0.2) is 58.9 Å². The normalized spacial score (nSPS) is 11.2. The standard InChI is InChI=1S/C13H11N3OS/c14-13(17)11(8-10-4-2-1-3-5-10)18-12-6-7-15-9-16-12/h1-9H,(H2,14,17). The highest BCUT2D eigenvalue weighted by Crippen LogP contribution is 2.25. The van der Waals surface area contributed by atoms with Crippen LogP contribution in [0, 0.1) is 0 Å². The van der Waals surface area contributed by atoms with E-state index >= 15 is 0 Å². The minimum absolute atomic E-state index is 0.444. The Labute approximate surface area is 109 Å². The van der Waals surface area contributed by atoms with Gasteiger partial charge in [-0.3, -0.25) is 4.79 Å². The highest BCUT2D eigenvalue weighted by Gasteiger charge is 2.08. The van der Waals surface area contributed by atoms with E-state index in [-0.39, 0.29) is 0 Å². The molecule has 0 unspecified atom stereocenters. The van der Waals surface area contributed by atoms with Gasteiger partial charge in [-0.25, -0.2) is 9.97 Å². The van der Waals surface area contributed by atoms with Gasteiger partial charge in [-0.2, -0.15) is 0 Å². The van der Waals surface area contributed by atoms with E-state index in [2.05, 4.69) is 9.97 Å². The van der Waals surface area contributed by atoms with Crippen LogP contribution < -0.4 is 5.73 Å². The first-order chi connectivity index (χ1) is 8.75. The van der Waals surface area contributed by atoms with Gasteiger partial charge in [-0.1, -0.05) is 42.1 Å². The zero-order valence-corrected chi connectivity index (χ0v) is 10.3. The van der Waals surface area contributed by atoms with Crippen molar-refractivity contribution < 1.29 is 4.79 Å². The molecular weight excluding hydrogens is 246 g/mol. The summed E-state index contributed by atoms with van der Waals surface area (Å²) < 4.78 is 0. The second-order valence-electron chi connectivity index (χ2n) is 3.43. The summed E-state index contributed by atoms with van der Waals surface area (Å²) in [4.78, 5) is 19.7. The minimum Gasteiger partial charge on any atom is -0.365 e. The summed E-state index contributed by atoms with van der Waals surface area (Å²) in [5, 5.41) is 0.686. The van der Waals surface area contributed by atoms with E-state index in [4.69, 9.17) is 5.73 Å². The van der Waals surface area contributed by atoms with E-state index in [0.29, 0.717) is 9.93 Å². The van der Waals surface area contributed by atoms with E-state index in [1.54, 1.807) is 18.3 Å². The molecule has 2 rings (SSSR count). The van der Waals surface area contributed by atoms with Crippen molar-refractivity contribution in [1.82, 2.24) is 9.97 Å². The first kappa shape index (κ1) is 12.3. The third kappa shape index (κ3) is 3.43. The van der Waals surface area contributed by atoms with Crippen LogP contribution in [-0.4, -0.2) is 15.9 Å². The zero-order valence-electron chi connectivity index (χ0n) is 9.48. The van der Waals surface area contributed by atoms with Gasteiger partial charge in [0.15, 0.2) is 0 Å². The third-order valence-electron chi connectivity index (χ3n) is 2.11. The molecule has 0 atom stereocenters. The number of thioether (sulfide) groups is 1. The summed E-state index contributed by atoms with van der Waals surface area (Å²) in [7, 11) is 0. The summed E-state index contributed by atoms with van der Waals surface area (Å²) in [5.41, 5.74) is 6.28. The molecule has 0 fully saturated rings. The number of nitrogens with two attached hydrogens (primary N) is 1. The van der Waals surface area contributed by atoms with Gasteiger partial charge in [0.25, 0.3) is 5.91 Å². The molecule has 2 aromatic rings. The van der Waals surface area contributed by atoms with E-state index in [0.717, 1.165) is 5.56 Å². The van der Waals surface area contributed by atoms with Crippen molar-refractivity contribution in [2.24, 2.45) is 5.73 Å². The average Bonchev–Trinajstić information content (AvgIpc) is 2.40. The molecule has 1 amide bonds. The molecule has 1 aromatic heterocycles. The van der Waals surface area contributed by atoms with E-state index in [1.165, 1.54) is 18.1 Å². The molecule has 0 bridgehead atoms. The van der Waals surface area contributed by atoms with Crippen molar-refractivity contribution >= 4 is 23.7 Å². The lowest BCUT2D eigenvalue weighted by atomic mass is 10.2. The van der Waals surface area contributed by atoms with E-state index < -0.39 is 5.91 Å². The molecule has 0 radical (unpaired) electrons. The van der Waals surface area contributed by atoms with Crippen molar-refractivity contribution in [2.45, 2.75) is 5.03 Å². The van der Waals surface area contributed by atoms with E-state index in [1.807, 2.05) is 30.3 Å². The Morgan fingerprint density at radius 2 is 2.00 bits per heavy atom. The number of carbonyl (C=O) groups excluding carboxylic acids is 1. The van der Waals surface area contributed by atoms with Crippen LogP contribution in [0.4, 0.5) is 0 Å². The number of rotatable bonds is 4. The van der Waals surface area contributed by atoms with Gasteiger partial charge in [0.05, 0.1) is 4.91 Å². The van der Waals surface area contributed by atoms with Gasteiger partial charge in [-0.15, -0.1) is 0 Å². The van der Waals surface area contributed by atoms with Crippen LogP contribution in [0.2, 0.25) is 0 Å². The predicted octanol–water partition coefficient (Wildman–Crippen LogP) is 2.10. The molecule has 0 aliphatic rings. The summed E-state index contributed by atoms with van der Waals surface area (Å²) in [6.45, 7) is 0. The lowest BCUT2D eigenvalue weighted by molar-refractivity contribution is -0.113. The molecule has 0 aliphatic carbocycles. The van der Waals surface area contributed by atoms with Crippen molar-refractivity contribution in [1.29, 1.82) is 0 Å². The van der Waals surface area contributed by atoms with Gasteiger partial charge < -0.3 is 5.73 Å². The largest absolute Gasteiger partial charge is 0.365 e. The fourth-order valence-electron chi connectivity index (χ4n) is 1.30. The highest BCUT2D eigenvalue weighted by atomic mass is 32.2. The lowest BCUT2D eigenvalue weighted by Crippen LogP contribution is -2.11. The van der Waals surface area contributed by atoms with Gasteiger partial charge in [0.2, 0.25) is 0 Å². The van der Waals surface area contributed by atoms with Crippen LogP contribution >= 0.6 is 11.8 Å². The lowest BCUT2D eigenvalue weighted by Gasteiger charge is -2.02. The summed E-state index contributed by atoms with van der Waals surface area (Å²) in [6.07, 6.45) is 4.80. The molecule has 0 saturated carbocycles. The fourth-order valence-corrected chi connectivity index (χ4v) is 2.05. The highest BCUT2D eigenvalue weighted by molar-refractivity contribution is 8.04. The number of primary amides is 1. The SMILES string of the molecule is NC(=O)C(=Cc1ccccc1)Sc1ccncn1. The first-order valence-corrected chi connectivity index (χ1v) is 6.08. The van der Waals surface area contributed by atoms with Crippen molar-refractivity contribution in [3.05, 3.63) is 59.4 Å². The maximum Gasteiger partial charge on any atom is 0.255 e. The Bertz CT molecular complexity index is 555. The predicted molar refractivity (Wildman–Crippen MR) is 71.5 cm³/mol. The molecule has 1 heterocycles. The Morgan fingerprint density at radius 1 is 1.22 bits per heavy atom. The number of carbonyl (C=O) groups is 1. The fraction of sp³-hybridized carbons (Fsp3) is 0. The Hall–Kier alpha value is -2.14. The monoisotopic (exact) mass is 257 g/mol. The van der Waals surface area contributed by atoms with Gasteiger partial charge in [0, 0.05) is 6.20 Å². The van der Waals surface area contributed by atoms with Gasteiger partial charge in [-0.05, 0) is 17.7 Å². The number of benzene rings is 1. The Kier molecular flexibility index (Phi) is 4.09. The van der Waals surface area contributed by atoms with Crippen molar-refractivity contribution in [3.63, 3.8) is 0 Å². The molecular formula is C13H11N3OS. The Morgan fingerprint density at radius 3 is 2.61 bits per heavy atom. The molecule has 1 aromatic carbocycles. The summed E-state index contributed by atoms with van der Waals surface area (Å²) >= 11 is 1.23. The van der Waals surface area contributed by atoms with E-state index in [9.17, 15) is 4.79 Å². The maximum absolute atomic E-state index is 11.4. The summed E-state index contributed by atoms with van der Waals surface area (Å²) in [5.74, 6) is -0.470. The second-order valence-corrected chi connectivity index (χ2v) is 4.50. The first-order valence-electron chi connectivity index (χ1n) is 5.26. The van der Waals surface area contributed by atoms with Crippen LogP contribution in [0.5, 0.6) is 0 Å². The zero-order chi connectivity index (χ0) is 12.8. The molecule has 5 heteroatoms. The molecule has 0 aliphatic heterocycles. The van der Waals surface area contributed by atoms with Crippen molar-refractivity contribution in [2.75, 3.05) is 0 Å². The van der Waals surface area contributed by atoms with Crippen LogP contribution in [0.25, 0.3) is 6.08 Å². The number of hydrogen-bond acceptors (Lipinski definition) is 4. The smallest absolute Gasteiger partial charge is 0.255 e.